The first-order chi connectivity index (χ1) is 6.01. The van der Waals surface area contributed by atoms with E-state index in [-0.39, 0.29) is 5.92 Å². The maximum Gasteiger partial charge on any atom is 0.389 e. The highest BCUT2D eigenvalue weighted by atomic mass is 79.9. The van der Waals surface area contributed by atoms with Crippen molar-refractivity contribution >= 4 is 15.9 Å². The van der Waals surface area contributed by atoms with Crippen molar-refractivity contribution in [3.63, 3.8) is 0 Å². The molecule has 1 atom stereocenters. The minimum Gasteiger partial charge on any atom is -0.171 e. The molecule has 0 nitrogen and oxygen atoms in total. The van der Waals surface area contributed by atoms with Crippen molar-refractivity contribution in [3.8, 4) is 0 Å². The summed E-state index contributed by atoms with van der Waals surface area (Å²) in [4.78, 5) is 0. The van der Waals surface area contributed by atoms with E-state index in [4.69, 9.17) is 0 Å². The van der Waals surface area contributed by atoms with Gasteiger partial charge >= 0.3 is 6.18 Å². The second-order valence-corrected chi connectivity index (χ2v) is 4.52. The van der Waals surface area contributed by atoms with Crippen LogP contribution in [-0.2, 0) is 0 Å². The van der Waals surface area contributed by atoms with Gasteiger partial charge in [-0.1, -0.05) is 35.2 Å². The number of rotatable bonds is 4. The van der Waals surface area contributed by atoms with E-state index < -0.39 is 12.6 Å². The molecular formula is C9H14BrF3. The summed E-state index contributed by atoms with van der Waals surface area (Å²) in [7, 11) is 0. The molecule has 0 aromatic heterocycles. The van der Waals surface area contributed by atoms with Crippen LogP contribution in [0.3, 0.4) is 0 Å². The Balaban J connectivity index is 2.25. The summed E-state index contributed by atoms with van der Waals surface area (Å²) in [5.41, 5.74) is 0. The largest absolute Gasteiger partial charge is 0.389 e. The number of alkyl halides is 4. The zero-order chi connectivity index (χ0) is 9.90. The van der Waals surface area contributed by atoms with E-state index in [0.29, 0.717) is 11.2 Å². The maximum atomic E-state index is 12.0. The Morgan fingerprint density at radius 2 is 1.92 bits per heavy atom. The second-order valence-electron chi connectivity index (χ2n) is 3.87. The SMILES string of the molecule is FC(F)(F)C[C@@H](CBr)CC1CCC1. The van der Waals surface area contributed by atoms with Crippen LogP contribution < -0.4 is 0 Å². The number of hydrogen-bond acceptors (Lipinski definition) is 0. The Bertz CT molecular complexity index is 151. The van der Waals surface area contributed by atoms with E-state index in [0.717, 1.165) is 19.3 Å². The Morgan fingerprint density at radius 1 is 1.31 bits per heavy atom. The lowest BCUT2D eigenvalue weighted by atomic mass is 9.79. The van der Waals surface area contributed by atoms with Gasteiger partial charge in [0.25, 0.3) is 0 Å². The quantitative estimate of drug-likeness (QED) is 0.665. The van der Waals surface area contributed by atoms with Crippen LogP contribution in [0.2, 0.25) is 0 Å². The van der Waals surface area contributed by atoms with Crippen LogP contribution in [0, 0.1) is 11.8 Å². The first-order valence-electron chi connectivity index (χ1n) is 4.64. The van der Waals surface area contributed by atoms with Crippen LogP contribution in [-0.4, -0.2) is 11.5 Å². The fourth-order valence-electron chi connectivity index (χ4n) is 1.73. The van der Waals surface area contributed by atoms with Crippen LogP contribution in [0.4, 0.5) is 13.2 Å². The molecule has 0 bridgehead atoms. The molecule has 1 rings (SSSR count). The first kappa shape index (κ1) is 11.3. The third kappa shape index (κ3) is 4.34. The van der Waals surface area contributed by atoms with E-state index in [1.807, 2.05) is 0 Å². The smallest absolute Gasteiger partial charge is 0.171 e. The minimum atomic E-state index is -4.00. The lowest BCUT2D eigenvalue weighted by Gasteiger charge is -2.29. The molecule has 0 aromatic rings. The Hall–Kier alpha value is 0.270. The highest BCUT2D eigenvalue weighted by molar-refractivity contribution is 9.09. The molecule has 0 spiro atoms. The van der Waals surface area contributed by atoms with E-state index >= 15 is 0 Å². The van der Waals surface area contributed by atoms with Crippen LogP contribution in [0.1, 0.15) is 32.1 Å². The summed E-state index contributed by atoms with van der Waals surface area (Å²) in [5.74, 6) is 0.343. The van der Waals surface area contributed by atoms with Gasteiger partial charge in [0.05, 0.1) is 0 Å². The molecule has 78 valence electrons. The first-order valence-corrected chi connectivity index (χ1v) is 5.76. The van der Waals surface area contributed by atoms with Crippen molar-refractivity contribution in [3.05, 3.63) is 0 Å². The van der Waals surface area contributed by atoms with Gasteiger partial charge in [-0.15, -0.1) is 0 Å². The van der Waals surface area contributed by atoms with Crippen LogP contribution in [0.15, 0.2) is 0 Å². The second kappa shape index (κ2) is 4.67. The molecule has 13 heavy (non-hydrogen) atoms. The van der Waals surface area contributed by atoms with E-state index in [2.05, 4.69) is 15.9 Å². The molecule has 0 N–H and O–H groups in total. The molecule has 0 unspecified atom stereocenters. The summed E-state index contributed by atoms with van der Waals surface area (Å²) in [6, 6.07) is 0. The van der Waals surface area contributed by atoms with Crippen LogP contribution >= 0.6 is 15.9 Å². The third-order valence-electron chi connectivity index (χ3n) is 2.63. The van der Waals surface area contributed by atoms with Gasteiger partial charge in [0, 0.05) is 11.8 Å². The molecule has 0 aliphatic heterocycles. The molecule has 0 radical (unpaired) electrons. The Labute approximate surface area is 85.0 Å². The fourth-order valence-corrected chi connectivity index (χ4v) is 2.22. The normalized spacial score (nSPS) is 21.2. The summed E-state index contributed by atoms with van der Waals surface area (Å²) in [5, 5.41) is 0.475. The molecule has 0 saturated heterocycles. The molecule has 1 aliphatic carbocycles. The van der Waals surface area contributed by atoms with Gasteiger partial charge in [0.15, 0.2) is 0 Å². The number of hydrogen-bond donors (Lipinski definition) is 0. The average Bonchev–Trinajstić information content (AvgIpc) is 1.91. The van der Waals surface area contributed by atoms with E-state index in [1.165, 1.54) is 6.42 Å². The zero-order valence-electron chi connectivity index (χ0n) is 7.41. The minimum absolute atomic E-state index is 0.217. The summed E-state index contributed by atoms with van der Waals surface area (Å²) in [6.45, 7) is 0. The molecule has 1 saturated carbocycles. The van der Waals surface area contributed by atoms with Gasteiger partial charge < -0.3 is 0 Å². The van der Waals surface area contributed by atoms with Crippen molar-refractivity contribution in [2.75, 3.05) is 5.33 Å². The van der Waals surface area contributed by atoms with Gasteiger partial charge in [-0.05, 0) is 18.3 Å². The molecule has 4 heteroatoms. The van der Waals surface area contributed by atoms with Gasteiger partial charge in [-0.3, -0.25) is 0 Å². The lowest BCUT2D eigenvalue weighted by Crippen LogP contribution is -2.22. The summed E-state index contributed by atoms with van der Waals surface area (Å²) < 4.78 is 36.1. The van der Waals surface area contributed by atoms with Crippen molar-refractivity contribution in [2.24, 2.45) is 11.8 Å². The molecule has 1 aliphatic rings. The van der Waals surface area contributed by atoms with Crippen LogP contribution in [0.25, 0.3) is 0 Å². The molecule has 0 amide bonds. The molecular weight excluding hydrogens is 245 g/mol. The number of halogens is 4. The van der Waals surface area contributed by atoms with Crippen LogP contribution in [0.5, 0.6) is 0 Å². The van der Waals surface area contributed by atoms with Gasteiger partial charge in [0.2, 0.25) is 0 Å². The average molecular weight is 259 g/mol. The predicted octanol–water partition coefficient (Wildman–Crippen LogP) is 4.14. The monoisotopic (exact) mass is 258 g/mol. The van der Waals surface area contributed by atoms with Crippen molar-refractivity contribution < 1.29 is 13.2 Å². The van der Waals surface area contributed by atoms with Crippen molar-refractivity contribution in [2.45, 2.75) is 38.3 Å². The van der Waals surface area contributed by atoms with Gasteiger partial charge in [0.1, 0.15) is 0 Å². The summed E-state index contributed by atoms with van der Waals surface area (Å²) in [6.07, 6.45) is -0.434. The van der Waals surface area contributed by atoms with Gasteiger partial charge in [-0.25, -0.2) is 0 Å². The lowest BCUT2D eigenvalue weighted by molar-refractivity contribution is -0.144. The predicted molar refractivity (Wildman–Crippen MR) is 49.9 cm³/mol. The molecule has 0 heterocycles. The van der Waals surface area contributed by atoms with Crippen molar-refractivity contribution in [1.29, 1.82) is 0 Å². The standard InChI is InChI=1S/C9H14BrF3/c10-6-8(5-9(11,12)13)4-7-2-1-3-7/h7-8H,1-6H2/t8-/m0/s1. The zero-order valence-corrected chi connectivity index (χ0v) is 9.00. The summed E-state index contributed by atoms with van der Waals surface area (Å²) >= 11 is 3.15. The topological polar surface area (TPSA) is 0 Å². The van der Waals surface area contributed by atoms with Crippen molar-refractivity contribution in [1.82, 2.24) is 0 Å². The van der Waals surface area contributed by atoms with E-state index in [9.17, 15) is 13.2 Å². The Kier molecular flexibility index (Phi) is 4.07. The maximum absolute atomic E-state index is 12.0. The Morgan fingerprint density at radius 3 is 2.23 bits per heavy atom. The fraction of sp³-hybridized carbons (Fsp3) is 1.00. The van der Waals surface area contributed by atoms with E-state index in [1.54, 1.807) is 0 Å². The molecule has 0 aromatic carbocycles. The highest BCUT2D eigenvalue weighted by Crippen LogP contribution is 2.36. The third-order valence-corrected chi connectivity index (χ3v) is 3.55. The highest BCUT2D eigenvalue weighted by Gasteiger charge is 2.33. The van der Waals surface area contributed by atoms with Gasteiger partial charge in [-0.2, -0.15) is 13.2 Å². The molecule has 1 fully saturated rings.